The molecule has 2 atom stereocenters. The number of pyridine rings is 1. The molecule has 1 aliphatic heterocycles. The molecule has 0 amide bonds. The van der Waals surface area contributed by atoms with Crippen molar-refractivity contribution >= 4 is 33.8 Å². The Morgan fingerprint density at radius 2 is 2.14 bits per heavy atom. The van der Waals surface area contributed by atoms with Crippen molar-refractivity contribution in [2.75, 3.05) is 0 Å². The van der Waals surface area contributed by atoms with Gasteiger partial charge in [-0.1, -0.05) is 6.07 Å². The molecule has 0 N–H and O–H groups in total. The minimum atomic E-state index is 0.0489. The molecule has 4 heterocycles. The number of ether oxygens (including phenoxy) is 2. The van der Waals surface area contributed by atoms with Crippen LogP contribution in [-0.4, -0.2) is 30.5 Å². The lowest BCUT2D eigenvalue weighted by Gasteiger charge is -2.12. The normalized spacial score (nSPS) is 19.5. The summed E-state index contributed by atoms with van der Waals surface area (Å²) in [5.74, 6) is 0.791. The molecule has 2 unspecified atom stereocenters. The molecule has 1 saturated heterocycles. The SMILES string of the molecule is Cc1ncnc2c1ccn2SC1CCC(C=COc2ccc3ccncc3c2)O1. The number of aromatic nitrogens is 4. The first-order valence-electron chi connectivity index (χ1n) is 9.55. The Morgan fingerprint density at radius 1 is 1.17 bits per heavy atom. The monoisotopic (exact) mass is 404 g/mol. The van der Waals surface area contributed by atoms with Crippen LogP contribution in [-0.2, 0) is 4.74 Å². The van der Waals surface area contributed by atoms with Gasteiger partial charge in [-0.2, -0.15) is 0 Å². The third-order valence-electron chi connectivity index (χ3n) is 5.00. The zero-order valence-electron chi connectivity index (χ0n) is 15.9. The highest BCUT2D eigenvalue weighted by Crippen LogP contribution is 2.32. The average Bonchev–Trinajstić information content (AvgIpc) is 3.36. The summed E-state index contributed by atoms with van der Waals surface area (Å²) < 4.78 is 14.0. The lowest BCUT2D eigenvalue weighted by atomic mass is 10.2. The van der Waals surface area contributed by atoms with Gasteiger partial charge < -0.3 is 9.47 Å². The topological polar surface area (TPSA) is 62.1 Å². The molecule has 0 spiro atoms. The molecule has 7 heteroatoms. The second-order valence-corrected chi connectivity index (χ2v) is 8.09. The quantitative estimate of drug-likeness (QED) is 0.442. The summed E-state index contributed by atoms with van der Waals surface area (Å²) in [6, 6.07) is 10.0. The highest BCUT2D eigenvalue weighted by atomic mass is 32.2. The van der Waals surface area contributed by atoms with Gasteiger partial charge in [0, 0.05) is 29.4 Å². The number of hydrogen-bond donors (Lipinski definition) is 0. The molecule has 3 aromatic heterocycles. The summed E-state index contributed by atoms with van der Waals surface area (Å²) in [7, 11) is 0. The number of fused-ring (bicyclic) bond motifs is 2. The van der Waals surface area contributed by atoms with Gasteiger partial charge >= 0.3 is 0 Å². The van der Waals surface area contributed by atoms with Crippen molar-refractivity contribution in [2.45, 2.75) is 31.3 Å². The molecule has 4 aromatic rings. The maximum atomic E-state index is 6.14. The van der Waals surface area contributed by atoms with Gasteiger partial charge in [-0.05, 0) is 67.4 Å². The van der Waals surface area contributed by atoms with E-state index in [0.717, 1.165) is 46.1 Å². The lowest BCUT2D eigenvalue weighted by Crippen LogP contribution is -2.07. The van der Waals surface area contributed by atoms with Crippen LogP contribution in [0.3, 0.4) is 0 Å². The first-order valence-corrected chi connectivity index (χ1v) is 10.4. The molecule has 0 aliphatic carbocycles. The van der Waals surface area contributed by atoms with Crippen molar-refractivity contribution in [2.24, 2.45) is 0 Å². The molecule has 0 bridgehead atoms. The largest absolute Gasteiger partial charge is 0.465 e. The number of benzene rings is 1. The summed E-state index contributed by atoms with van der Waals surface area (Å²) in [6.07, 6.45) is 13.0. The zero-order chi connectivity index (χ0) is 19.6. The van der Waals surface area contributed by atoms with Crippen LogP contribution >= 0.6 is 11.9 Å². The van der Waals surface area contributed by atoms with E-state index >= 15 is 0 Å². The summed E-state index contributed by atoms with van der Waals surface area (Å²) in [5.41, 5.74) is 2.01. The van der Waals surface area contributed by atoms with Crippen molar-refractivity contribution in [1.82, 2.24) is 18.9 Å². The van der Waals surface area contributed by atoms with E-state index in [4.69, 9.17) is 9.47 Å². The van der Waals surface area contributed by atoms with Crippen LogP contribution < -0.4 is 4.74 Å². The smallest absolute Gasteiger partial charge is 0.153 e. The van der Waals surface area contributed by atoms with E-state index in [1.54, 1.807) is 30.7 Å². The van der Waals surface area contributed by atoms with Gasteiger partial charge in [0.05, 0.1) is 18.1 Å². The van der Waals surface area contributed by atoms with Crippen LogP contribution in [0.5, 0.6) is 5.75 Å². The van der Waals surface area contributed by atoms with E-state index < -0.39 is 0 Å². The van der Waals surface area contributed by atoms with Gasteiger partial charge in [-0.15, -0.1) is 0 Å². The van der Waals surface area contributed by atoms with Gasteiger partial charge in [0.25, 0.3) is 0 Å². The van der Waals surface area contributed by atoms with Crippen LogP contribution in [0, 0.1) is 6.92 Å². The van der Waals surface area contributed by atoms with Crippen molar-refractivity contribution in [3.05, 3.63) is 73.3 Å². The maximum absolute atomic E-state index is 6.14. The average molecular weight is 404 g/mol. The van der Waals surface area contributed by atoms with E-state index in [1.165, 1.54) is 0 Å². The summed E-state index contributed by atoms with van der Waals surface area (Å²) in [4.78, 5) is 12.8. The second-order valence-electron chi connectivity index (χ2n) is 6.96. The Balaban J connectivity index is 1.19. The fourth-order valence-corrected chi connectivity index (χ4v) is 4.52. The predicted octanol–water partition coefficient (Wildman–Crippen LogP) is 4.88. The Morgan fingerprint density at radius 3 is 3.10 bits per heavy atom. The Hall–Kier alpha value is -2.90. The van der Waals surface area contributed by atoms with Gasteiger partial charge in [-0.25, -0.2) is 9.97 Å². The summed E-state index contributed by atoms with van der Waals surface area (Å²) in [6.45, 7) is 2.00. The van der Waals surface area contributed by atoms with E-state index in [0.29, 0.717) is 0 Å². The van der Waals surface area contributed by atoms with Crippen LogP contribution in [0.25, 0.3) is 21.8 Å². The summed E-state index contributed by atoms with van der Waals surface area (Å²) in [5, 5.41) is 3.28. The van der Waals surface area contributed by atoms with Crippen molar-refractivity contribution in [3.8, 4) is 5.75 Å². The van der Waals surface area contributed by atoms with Gasteiger partial charge in [0.15, 0.2) is 5.65 Å². The van der Waals surface area contributed by atoms with Crippen molar-refractivity contribution in [3.63, 3.8) is 0 Å². The first kappa shape index (κ1) is 18.1. The minimum absolute atomic E-state index is 0.0489. The minimum Gasteiger partial charge on any atom is -0.465 e. The highest BCUT2D eigenvalue weighted by Gasteiger charge is 2.25. The van der Waals surface area contributed by atoms with Crippen LogP contribution in [0.15, 0.2) is 67.6 Å². The Labute approximate surface area is 172 Å². The van der Waals surface area contributed by atoms with Crippen LogP contribution in [0.4, 0.5) is 0 Å². The molecular formula is C22H20N4O2S. The molecule has 1 aliphatic rings. The molecule has 0 radical (unpaired) electrons. The second kappa shape index (κ2) is 7.85. The maximum Gasteiger partial charge on any atom is 0.153 e. The Kier molecular flexibility index (Phi) is 4.91. The third-order valence-corrected chi connectivity index (χ3v) is 6.11. The van der Waals surface area contributed by atoms with Crippen LogP contribution in [0.2, 0.25) is 0 Å². The first-order chi connectivity index (χ1) is 14.3. The molecule has 1 aromatic carbocycles. The van der Waals surface area contributed by atoms with E-state index in [2.05, 4.69) is 25.0 Å². The van der Waals surface area contributed by atoms with E-state index in [9.17, 15) is 0 Å². The molecule has 1 fully saturated rings. The number of aryl methyl sites for hydroxylation is 1. The van der Waals surface area contributed by atoms with Gasteiger partial charge in [0.1, 0.15) is 17.5 Å². The van der Waals surface area contributed by atoms with Crippen molar-refractivity contribution in [1.29, 1.82) is 0 Å². The fourth-order valence-electron chi connectivity index (χ4n) is 3.46. The predicted molar refractivity (Wildman–Crippen MR) is 115 cm³/mol. The lowest BCUT2D eigenvalue weighted by molar-refractivity contribution is 0.123. The Bertz CT molecular complexity index is 1190. The molecular weight excluding hydrogens is 384 g/mol. The standard InChI is InChI=1S/C22H20N4O2S/c1-15-20-7-10-26(22(20)25-14-24-15)29-21-5-4-18(28-21)8-11-27-19-3-2-16-6-9-23-13-17(16)12-19/h2-3,6-14,18,21H,4-5H2,1H3. The number of nitrogens with zero attached hydrogens (tertiary/aromatic N) is 4. The van der Waals surface area contributed by atoms with Crippen LogP contribution in [0.1, 0.15) is 18.5 Å². The van der Waals surface area contributed by atoms with Gasteiger partial charge in [0.2, 0.25) is 0 Å². The fraction of sp³-hybridized carbons (Fsp3) is 0.227. The molecule has 5 rings (SSSR count). The summed E-state index contributed by atoms with van der Waals surface area (Å²) >= 11 is 1.65. The molecule has 6 nitrogen and oxygen atoms in total. The molecule has 146 valence electrons. The molecule has 0 saturated carbocycles. The van der Waals surface area contributed by atoms with Crippen molar-refractivity contribution < 1.29 is 9.47 Å². The zero-order valence-corrected chi connectivity index (χ0v) is 16.7. The van der Waals surface area contributed by atoms with Gasteiger partial charge in [-0.3, -0.25) is 8.96 Å². The third kappa shape index (κ3) is 3.83. The number of hydrogen-bond acceptors (Lipinski definition) is 6. The van der Waals surface area contributed by atoms with E-state index in [1.807, 2.05) is 49.7 Å². The highest BCUT2D eigenvalue weighted by molar-refractivity contribution is 7.98. The molecule has 29 heavy (non-hydrogen) atoms. The van der Waals surface area contributed by atoms with E-state index in [-0.39, 0.29) is 11.5 Å². The number of rotatable bonds is 5.